The molecule has 4 rings (SSSR count). The van der Waals surface area contributed by atoms with Crippen LogP contribution < -0.4 is 15.6 Å². The topological polar surface area (TPSA) is 115 Å². The summed E-state index contributed by atoms with van der Waals surface area (Å²) in [6.07, 6.45) is 2.95. The second kappa shape index (κ2) is 9.56. The molecule has 0 aliphatic carbocycles. The molecule has 1 amide bonds. The lowest BCUT2D eigenvalue weighted by atomic mass is 10.1. The smallest absolute Gasteiger partial charge is 0.255 e. The van der Waals surface area contributed by atoms with Crippen molar-refractivity contribution in [3.8, 4) is 23.2 Å². The Morgan fingerprint density at radius 3 is 2.67 bits per heavy atom. The van der Waals surface area contributed by atoms with Crippen LogP contribution in [0.1, 0.15) is 30.2 Å². The first kappa shape index (κ1) is 22.1. The van der Waals surface area contributed by atoms with Gasteiger partial charge in [0, 0.05) is 23.7 Å². The fourth-order valence-corrected chi connectivity index (χ4v) is 3.54. The van der Waals surface area contributed by atoms with Crippen molar-refractivity contribution in [2.75, 3.05) is 12.4 Å². The number of rotatable bonds is 8. The summed E-state index contributed by atoms with van der Waals surface area (Å²) < 4.78 is 12.0. The first-order valence-electron chi connectivity index (χ1n) is 10.7. The molecule has 2 N–H and O–H groups in total. The SMILES string of the molecule is CCc1c(C)nc(-n2nc(-c3ccco3)cc2NC(=O)CCc2ccc(OC)cc2)[nH]c1=O. The number of methoxy groups -OCH3 is 1. The van der Waals surface area contributed by atoms with E-state index < -0.39 is 0 Å². The molecule has 0 aliphatic rings. The predicted octanol–water partition coefficient (Wildman–Crippen LogP) is 3.67. The van der Waals surface area contributed by atoms with E-state index in [-0.39, 0.29) is 23.8 Å². The van der Waals surface area contributed by atoms with E-state index in [1.165, 1.54) is 4.68 Å². The highest BCUT2D eigenvalue weighted by molar-refractivity contribution is 5.90. The van der Waals surface area contributed by atoms with Gasteiger partial charge < -0.3 is 14.5 Å². The minimum atomic E-state index is -0.230. The summed E-state index contributed by atoms with van der Waals surface area (Å²) in [4.78, 5) is 32.5. The van der Waals surface area contributed by atoms with Crippen LogP contribution in [0.4, 0.5) is 5.82 Å². The first-order valence-corrected chi connectivity index (χ1v) is 10.7. The number of H-pyrrole nitrogens is 1. The number of carbonyl (C=O) groups excluding carboxylic acids is 1. The van der Waals surface area contributed by atoms with Crippen molar-refractivity contribution in [2.24, 2.45) is 0 Å². The van der Waals surface area contributed by atoms with E-state index in [4.69, 9.17) is 9.15 Å². The number of furan rings is 1. The second-order valence-corrected chi connectivity index (χ2v) is 7.51. The normalized spacial score (nSPS) is 10.9. The van der Waals surface area contributed by atoms with Crippen LogP contribution in [-0.2, 0) is 17.6 Å². The van der Waals surface area contributed by atoms with Gasteiger partial charge in [-0.2, -0.15) is 9.78 Å². The molecule has 0 unspecified atom stereocenters. The predicted molar refractivity (Wildman–Crippen MR) is 124 cm³/mol. The van der Waals surface area contributed by atoms with Crippen molar-refractivity contribution >= 4 is 11.7 Å². The van der Waals surface area contributed by atoms with Crippen molar-refractivity contribution in [3.05, 3.63) is 75.9 Å². The quantitative estimate of drug-likeness (QED) is 0.426. The number of hydrogen-bond donors (Lipinski definition) is 2. The van der Waals surface area contributed by atoms with Crippen LogP contribution in [0.25, 0.3) is 17.4 Å². The first-order chi connectivity index (χ1) is 16.0. The molecular formula is C24H25N5O4. The number of hydrogen-bond acceptors (Lipinski definition) is 6. The van der Waals surface area contributed by atoms with Gasteiger partial charge >= 0.3 is 0 Å². The van der Waals surface area contributed by atoms with Gasteiger partial charge in [-0.25, -0.2) is 4.98 Å². The maximum Gasteiger partial charge on any atom is 0.255 e. The fraction of sp³-hybridized carbons (Fsp3) is 0.250. The summed E-state index contributed by atoms with van der Waals surface area (Å²) >= 11 is 0. The van der Waals surface area contributed by atoms with Crippen molar-refractivity contribution < 1.29 is 13.9 Å². The van der Waals surface area contributed by atoms with Crippen LogP contribution in [0, 0.1) is 6.92 Å². The lowest BCUT2D eigenvalue weighted by Crippen LogP contribution is -2.22. The molecule has 33 heavy (non-hydrogen) atoms. The molecule has 0 fully saturated rings. The molecule has 4 aromatic rings. The van der Waals surface area contributed by atoms with Gasteiger partial charge in [-0.3, -0.25) is 14.6 Å². The molecule has 3 heterocycles. The zero-order valence-corrected chi connectivity index (χ0v) is 18.7. The Bertz CT molecular complexity index is 1300. The van der Waals surface area contributed by atoms with Crippen LogP contribution in [0.5, 0.6) is 5.75 Å². The van der Waals surface area contributed by atoms with Crippen molar-refractivity contribution in [1.29, 1.82) is 0 Å². The van der Waals surface area contributed by atoms with Gasteiger partial charge in [0.2, 0.25) is 11.9 Å². The van der Waals surface area contributed by atoms with Crippen molar-refractivity contribution in [1.82, 2.24) is 19.7 Å². The number of nitrogens with zero attached hydrogens (tertiary/aromatic N) is 3. The number of ether oxygens (including phenoxy) is 1. The zero-order valence-electron chi connectivity index (χ0n) is 18.7. The van der Waals surface area contributed by atoms with Gasteiger partial charge in [0.1, 0.15) is 17.3 Å². The highest BCUT2D eigenvalue weighted by Crippen LogP contribution is 2.24. The zero-order chi connectivity index (χ0) is 23.4. The molecular weight excluding hydrogens is 422 g/mol. The minimum absolute atomic E-state index is 0.192. The molecule has 0 aliphatic heterocycles. The molecule has 0 saturated heterocycles. The fourth-order valence-electron chi connectivity index (χ4n) is 3.54. The van der Waals surface area contributed by atoms with Crippen LogP contribution >= 0.6 is 0 Å². The number of aromatic nitrogens is 4. The van der Waals surface area contributed by atoms with E-state index >= 15 is 0 Å². The van der Waals surface area contributed by atoms with Gasteiger partial charge in [-0.05, 0) is 49.6 Å². The Hall–Kier alpha value is -4.14. The summed E-state index contributed by atoms with van der Waals surface area (Å²) in [5.74, 6) is 1.71. The van der Waals surface area contributed by atoms with Gasteiger partial charge in [0.15, 0.2) is 5.76 Å². The van der Waals surface area contributed by atoms with Gasteiger partial charge in [-0.15, -0.1) is 0 Å². The summed E-state index contributed by atoms with van der Waals surface area (Å²) in [6.45, 7) is 3.68. The number of benzene rings is 1. The third kappa shape index (κ3) is 4.87. The van der Waals surface area contributed by atoms with Gasteiger partial charge in [0.25, 0.3) is 5.56 Å². The Kier molecular flexibility index (Phi) is 6.39. The Balaban J connectivity index is 1.60. The van der Waals surface area contributed by atoms with E-state index in [1.54, 1.807) is 38.5 Å². The van der Waals surface area contributed by atoms with E-state index in [0.717, 1.165) is 11.3 Å². The van der Waals surface area contributed by atoms with Gasteiger partial charge in [0.05, 0.1) is 13.4 Å². The maximum absolute atomic E-state index is 12.7. The number of amides is 1. The van der Waals surface area contributed by atoms with Crippen LogP contribution in [0.3, 0.4) is 0 Å². The molecule has 1 aromatic carbocycles. The molecule has 0 spiro atoms. The summed E-state index contributed by atoms with van der Waals surface area (Å²) in [7, 11) is 1.61. The summed E-state index contributed by atoms with van der Waals surface area (Å²) in [6, 6.07) is 12.8. The Morgan fingerprint density at radius 1 is 1.24 bits per heavy atom. The molecule has 9 nitrogen and oxygen atoms in total. The summed E-state index contributed by atoms with van der Waals surface area (Å²) in [5.41, 5.74) is 2.52. The van der Waals surface area contributed by atoms with Crippen molar-refractivity contribution in [2.45, 2.75) is 33.1 Å². The average molecular weight is 447 g/mol. The lowest BCUT2D eigenvalue weighted by molar-refractivity contribution is -0.116. The van der Waals surface area contributed by atoms with Crippen LogP contribution in [0.2, 0.25) is 0 Å². The molecule has 0 saturated carbocycles. The monoisotopic (exact) mass is 447 g/mol. The number of nitrogens with one attached hydrogen (secondary N) is 2. The van der Waals surface area contributed by atoms with E-state index in [0.29, 0.717) is 41.4 Å². The second-order valence-electron chi connectivity index (χ2n) is 7.51. The number of aromatic amines is 1. The van der Waals surface area contributed by atoms with Gasteiger partial charge in [-0.1, -0.05) is 19.1 Å². The Morgan fingerprint density at radius 2 is 2.03 bits per heavy atom. The van der Waals surface area contributed by atoms with Crippen molar-refractivity contribution in [3.63, 3.8) is 0 Å². The molecule has 9 heteroatoms. The highest BCUT2D eigenvalue weighted by Gasteiger charge is 2.18. The van der Waals surface area contributed by atoms with Crippen LogP contribution in [-0.4, -0.2) is 32.8 Å². The van der Waals surface area contributed by atoms with E-state index in [2.05, 4.69) is 20.4 Å². The lowest BCUT2D eigenvalue weighted by Gasteiger charge is -2.10. The Labute approximate surface area is 190 Å². The average Bonchev–Trinajstić information content (AvgIpc) is 3.48. The third-order valence-electron chi connectivity index (χ3n) is 5.31. The molecule has 0 bridgehead atoms. The van der Waals surface area contributed by atoms with Crippen LogP contribution in [0.15, 0.2) is 57.9 Å². The standard InChI is InChI=1S/C24H25N5O4/c1-4-18-15(2)25-24(27-23(18)31)29-21(14-19(28-29)20-6-5-13-33-20)26-22(30)12-9-16-7-10-17(32-3)11-8-16/h5-8,10-11,13-14H,4,9,12H2,1-3H3,(H,26,30)(H,25,27,31). The number of aryl methyl sites for hydroxylation is 2. The number of anilines is 1. The van der Waals surface area contributed by atoms with E-state index in [1.807, 2.05) is 31.2 Å². The molecule has 3 aromatic heterocycles. The van der Waals surface area contributed by atoms with E-state index in [9.17, 15) is 9.59 Å². The largest absolute Gasteiger partial charge is 0.497 e. The minimum Gasteiger partial charge on any atom is -0.497 e. The number of carbonyl (C=O) groups is 1. The molecule has 170 valence electrons. The third-order valence-corrected chi connectivity index (χ3v) is 5.31. The molecule has 0 atom stereocenters. The highest BCUT2D eigenvalue weighted by atomic mass is 16.5. The molecule has 0 radical (unpaired) electrons. The maximum atomic E-state index is 12.7. The summed E-state index contributed by atoms with van der Waals surface area (Å²) in [5, 5.41) is 7.40.